The van der Waals surface area contributed by atoms with E-state index >= 15 is 0 Å². The highest BCUT2D eigenvalue weighted by Gasteiger charge is 2.40. The lowest BCUT2D eigenvalue weighted by molar-refractivity contribution is -0.0888. The van der Waals surface area contributed by atoms with Gasteiger partial charge in [0.2, 0.25) is 0 Å². The Labute approximate surface area is 84.9 Å². The fraction of sp³-hybridized carbons (Fsp3) is 1.00. The van der Waals surface area contributed by atoms with Gasteiger partial charge in [0, 0.05) is 25.0 Å². The first-order valence-electron chi connectivity index (χ1n) is 5.75. The van der Waals surface area contributed by atoms with E-state index in [1.807, 2.05) is 0 Å². The van der Waals surface area contributed by atoms with E-state index in [1.165, 1.54) is 25.9 Å². The number of hydrazine groups is 1. The molecule has 3 fully saturated rings. The third-order valence-electron chi connectivity index (χ3n) is 3.71. The van der Waals surface area contributed by atoms with Crippen molar-refractivity contribution >= 4 is 0 Å². The van der Waals surface area contributed by atoms with Crippen molar-refractivity contribution in [3.05, 3.63) is 0 Å². The van der Waals surface area contributed by atoms with Gasteiger partial charge in [-0.25, -0.2) is 5.01 Å². The quantitative estimate of drug-likeness (QED) is 0.598. The van der Waals surface area contributed by atoms with Crippen LogP contribution in [-0.2, 0) is 4.74 Å². The first-order valence-corrected chi connectivity index (χ1v) is 5.75. The molecule has 2 atom stereocenters. The van der Waals surface area contributed by atoms with Crippen molar-refractivity contribution in [2.24, 2.45) is 5.92 Å². The SMILES string of the molecule is C1CNCC2CNN(C3COC3)C2C1. The summed E-state index contributed by atoms with van der Waals surface area (Å²) in [5.74, 6) is 0.804. The molecule has 80 valence electrons. The van der Waals surface area contributed by atoms with Crippen LogP contribution >= 0.6 is 0 Å². The van der Waals surface area contributed by atoms with Crippen LogP contribution in [0.1, 0.15) is 12.8 Å². The van der Waals surface area contributed by atoms with E-state index in [0.717, 1.165) is 31.7 Å². The highest BCUT2D eigenvalue weighted by Crippen LogP contribution is 2.26. The summed E-state index contributed by atoms with van der Waals surface area (Å²) in [6, 6.07) is 1.39. The van der Waals surface area contributed by atoms with E-state index in [0.29, 0.717) is 6.04 Å². The molecule has 4 heteroatoms. The summed E-state index contributed by atoms with van der Waals surface area (Å²) in [6.45, 7) is 5.37. The van der Waals surface area contributed by atoms with Gasteiger partial charge in [0.25, 0.3) is 0 Å². The summed E-state index contributed by atoms with van der Waals surface area (Å²) < 4.78 is 5.26. The highest BCUT2D eigenvalue weighted by atomic mass is 16.5. The fourth-order valence-corrected chi connectivity index (χ4v) is 2.79. The molecule has 3 aliphatic rings. The summed E-state index contributed by atoms with van der Waals surface area (Å²) in [7, 11) is 0. The summed E-state index contributed by atoms with van der Waals surface area (Å²) >= 11 is 0. The van der Waals surface area contributed by atoms with Crippen molar-refractivity contribution in [2.75, 3.05) is 32.8 Å². The lowest BCUT2D eigenvalue weighted by Crippen LogP contribution is -2.55. The van der Waals surface area contributed by atoms with Gasteiger partial charge in [-0.2, -0.15) is 0 Å². The zero-order valence-corrected chi connectivity index (χ0v) is 8.54. The first-order chi connectivity index (χ1) is 6.95. The van der Waals surface area contributed by atoms with Crippen LogP contribution in [-0.4, -0.2) is 49.9 Å². The third-order valence-corrected chi connectivity index (χ3v) is 3.71. The smallest absolute Gasteiger partial charge is 0.0714 e. The molecule has 0 bridgehead atoms. The van der Waals surface area contributed by atoms with Crippen LogP contribution in [0.5, 0.6) is 0 Å². The molecule has 3 heterocycles. The van der Waals surface area contributed by atoms with Gasteiger partial charge in [0.15, 0.2) is 0 Å². The second kappa shape index (κ2) is 3.77. The molecule has 2 unspecified atom stereocenters. The minimum atomic E-state index is 0.642. The maximum atomic E-state index is 5.26. The van der Waals surface area contributed by atoms with Crippen LogP contribution in [0.4, 0.5) is 0 Å². The Hall–Kier alpha value is -0.160. The topological polar surface area (TPSA) is 36.5 Å². The van der Waals surface area contributed by atoms with Gasteiger partial charge in [0.1, 0.15) is 0 Å². The molecule has 3 aliphatic heterocycles. The minimum Gasteiger partial charge on any atom is -0.378 e. The van der Waals surface area contributed by atoms with E-state index in [2.05, 4.69) is 15.8 Å². The van der Waals surface area contributed by atoms with Crippen LogP contribution in [0.15, 0.2) is 0 Å². The molecule has 14 heavy (non-hydrogen) atoms. The predicted octanol–water partition coefficient (Wildman–Crippen LogP) is -0.426. The maximum Gasteiger partial charge on any atom is 0.0714 e. The van der Waals surface area contributed by atoms with E-state index in [1.54, 1.807) is 0 Å². The monoisotopic (exact) mass is 197 g/mol. The standard InChI is InChI=1S/C10H19N3O/c1-2-10-8(4-11-3-1)5-12-13(10)9-6-14-7-9/h8-12H,1-7H2. The second-order valence-corrected chi connectivity index (χ2v) is 4.63. The van der Waals surface area contributed by atoms with E-state index in [9.17, 15) is 0 Å². The van der Waals surface area contributed by atoms with Crippen LogP contribution < -0.4 is 10.7 Å². The molecular weight excluding hydrogens is 178 g/mol. The Morgan fingerprint density at radius 2 is 2.14 bits per heavy atom. The molecule has 0 aliphatic carbocycles. The molecule has 4 nitrogen and oxygen atoms in total. The Bertz CT molecular complexity index is 208. The number of nitrogens with zero attached hydrogens (tertiary/aromatic N) is 1. The number of rotatable bonds is 1. The largest absolute Gasteiger partial charge is 0.378 e. The van der Waals surface area contributed by atoms with E-state index in [-0.39, 0.29) is 0 Å². The summed E-state index contributed by atoms with van der Waals surface area (Å²) in [5, 5.41) is 5.99. The molecule has 0 aromatic heterocycles. The molecule has 0 radical (unpaired) electrons. The molecule has 0 saturated carbocycles. The molecule has 3 saturated heterocycles. The Morgan fingerprint density at radius 3 is 2.93 bits per heavy atom. The van der Waals surface area contributed by atoms with Crippen molar-refractivity contribution in [3.63, 3.8) is 0 Å². The van der Waals surface area contributed by atoms with Gasteiger partial charge in [-0.15, -0.1) is 0 Å². The molecule has 0 aromatic carbocycles. The third kappa shape index (κ3) is 1.46. The number of hydrogen-bond acceptors (Lipinski definition) is 4. The first kappa shape index (κ1) is 9.09. The van der Waals surface area contributed by atoms with Crippen molar-refractivity contribution in [2.45, 2.75) is 24.9 Å². The maximum absolute atomic E-state index is 5.26. The highest BCUT2D eigenvalue weighted by molar-refractivity contribution is 4.93. The average molecular weight is 197 g/mol. The molecule has 2 N–H and O–H groups in total. The molecular formula is C10H19N3O. The number of nitrogens with one attached hydrogen (secondary N) is 2. The second-order valence-electron chi connectivity index (χ2n) is 4.63. The Kier molecular flexibility index (Phi) is 2.45. The lowest BCUT2D eigenvalue weighted by atomic mass is 9.97. The number of hydrogen-bond donors (Lipinski definition) is 2. The summed E-state index contributed by atoms with van der Waals surface area (Å²) in [4.78, 5) is 0. The molecule has 0 spiro atoms. The fourth-order valence-electron chi connectivity index (χ4n) is 2.79. The lowest BCUT2D eigenvalue weighted by Gasteiger charge is -2.38. The minimum absolute atomic E-state index is 0.642. The van der Waals surface area contributed by atoms with E-state index < -0.39 is 0 Å². The van der Waals surface area contributed by atoms with Crippen molar-refractivity contribution < 1.29 is 4.74 Å². The Morgan fingerprint density at radius 1 is 1.21 bits per heavy atom. The van der Waals surface area contributed by atoms with Gasteiger partial charge < -0.3 is 10.1 Å². The van der Waals surface area contributed by atoms with Gasteiger partial charge in [0.05, 0.1) is 19.3 Å². The van der Waals surface area contributed by atoms with Crippen molar-refractivity contribution in [1.82, 2.24) is 15.8 Å². The number of fused-ring (bicyclic) bond motifs is 1. The molecule has 0 amide bonds. The van der Waals surface area contributed by atoms with Crippen molar-refractivity contribution in [3.8, 4) is 0 Å². The van der Waals surface area contributed by atoms with Crippen LogP contribution in [0.2, 0.25) is 0 Å². The number of ether oxygens (including phenoxy) is 1. The molecule has 3 rings (SSSR count). The van der Waals surface area contributed by atoms with Gasteiger partial charge in [-0.1, -0.05) is 0 Å². The summed E-state index contributed by atoms with van der Waals surface area (Å²) in [6.07, 6.45) is 2.65. The Balaban J connectivity index is 1.68. The zero-order valence-electron chi connectivity index (χ0n) is 8.54. The zero-order chi connectivity index (χ0) is 9.38. The van der Waals surface area contributed by atoms with Crippen molar-refractivity contribution in [1.29, 1.82) is 0 Å². The predicted molar refractivity (Wildman–Crippen MR) is 53.8 cm³/mol. The van der Waals surface area contributed by atoms with Crippen LogP contribution in [0, 0.1) is 5.92 Å². The van der Waals surface area contributed by atoms with E-state index in [4.69, 9.17) is 4.74 Å². The average Bonchev–Trinajstić information content (AvgIpc) is 2.36. The van der Waals surface area contributed by atoms with Crippen LogP contribution in [0.3, 0.4) is 0 Å². The van der Waals surface area contributed by atoms with Gasteiger partial charge in [-0.05, 0) is 19.4 Å². The molecule has 0 aromatic rings. The van der Waals surface area contributed by atoms with Gasteiger partial charge in [-0.3, -0.25) is 5.43 Å². The van der Waals surface area contributed by atoms with Gasteiger partial charge >= 0.3 is 0 Å². The van der Waals surface area contributed by atoms with Crippen LogP contribution in [0.25, 0.3) is 0 Å². The normalized spacial score (nSPS) is 40.3. The summed E-state index contributed by atoms with van der Waals surface area (Å²) in [5.41, 5.74) is 3.54.